The Morgan fingerprint density at radius 3 is 2.88 bits per heavy atom. The molecule has 0 radical (unpaired) electrons. The summed E-state index contributed by atoms with van der Waals surface area (Å²) in [5.41, 5.74) is 1.30. The van der Waals surface area contributed by atoms with Crippen LogP contribution in [0.25, 0.3) is 0 Å². The molecule has 2 aliphatic rings. The Hall–Kier alpha value is -2.41. The second kappa shape index (κ2) is 7.44. The lowest BCUT2D eigenvalue weighted by atomic mass is 10.1. The lowest BCUT2D eigenvalue weighted by Crippen LogP contribution is -2.46. The van der Waals surface area contributed by atoms with Crippen molar-refractivity contribution in [2.75, 3.05) is 29.9 Å². The minimum atomic E-state index is -0.222. The van der Waals surface area contributed by atoms with Gasteiger partial charge in [0.05, 0.1) is 11.4 Å². The van der Waals surface area contributed by atoms with Crippen LogP contribution in [-0.2, 0) is 14.4 Å². The van der Waals surface area contributed by atoms with E-state index in [0.717, 1.165) is 25.9 Å². The Balaban J connectivity index is 1.55. The number of amides is 3. The molecule has 0 saturated carbocycles. The highest BCUT2D eigenvalue weighted by molar-refractivity contribution is 6.10. The molecule has 24 heavy (non-hydrogen) atoms. The third-order valence-corrected chi connectivity index (χ3v) is 4.30. The number of piperidine rings is 1. The SMILES string of the molecule is O=C1CN(C(=O)CCC(=O)NC2CCCNC2)c2ccccc2N1. The van der Waals surface area contributed by atoms with Gasteiger partial charge in [-0.1, -0.05) is 12.1 Å². The van der Waals surface area contributed by atoms with E-state index in [0.29, 0.717) is 11.4 Å². The van der Waals surface area contributed by atoms with Gasteiger partial charge < -0.3 is 20.9 Å². The van der Waals surface area contributed by atoms with E-state index in [1.54, 1.807) is 18.2 Å². The molecule has 2 heterocycles. The van der Waals surface area contributed by atoms with Gasteiger partial charge in [-0.25, -0.2) is 0 Å². The van der Waals surface area contributed by atoms with E-state index in [4.69, 9.17) is 0 Å². The van der Waals surface area contributed by atoms with Gasteiger partial charge in [0.1, 0.15) is 6.54 Å². The van der Waals surface area contributed by atoms with Gasteiger partial charge in [0.25, 0.3) is 0 Å². The van der Waals surface area contributed by atoms with Crippen LogP contribution in [0.1, 0.15) is 25.7 Å². The van der Waals surface area contributed by atoms with E-state index in [1.165, 1.54) is 4.90 Å². The van der Waals surface area contributed by atoms with E-state index in [9.17, 15) is 14.4 Å². The van der Waals surface area contributed by atoms with E-state index in [1.807, 2.05) is 6.07 Å². The fraction of sp³-hybridized carbons (Fsp3) is 0.471. The zero-order chi connectivity index (χ0) is 16.9. The molecule has 0 aromatic heterocycles. The van der Waals surface area contributed by atoms with Gasteiger partial charge >= 0.3 is 0 Å². The molecule has 2 aliphatic heterocycles. The summed E-state index contributed by atoms with van der Waals surface area (Å²) in [6.07, 6.45) is 2.24. The number of para-hydroxylation sites is 2. The average Bonchev–Trinajstić information content (AvgIpc) is 2.59. The van der Waals surface area contributed by atoms with Gasteiger partial charge in [-0.15, -0.1) is 0 Å². The van der Waals surface area contributed by atoms with Crippen molar-refractivity contribution < 1.29 is 14.4 Å². The monoisotopic (exact) mass is 330 g/mol. The Labute approximate surface area is 140 Å². The van der Waals surface area contributed by atoms with Crippen LogP contribution < -0.4 is 20.9 Å². The Bertz CT molecular complexity index is 640. The molecule has 7 nitrogen and oxygen atoms in total. The number of hydrogen-bond acceptors (Lipinski definition) is 4. The standard InChI is InChI=1S/C17H22N4O3/c22-15(19-12-4-3-9-18-10-12)7-8-17(24)21-11-16(23)20-13-5-1-2-6-14(13)21/h1-2,5-6,12,18H,3-4,7-11H2,(H,19,22)(H,20,23). The van der Waals surface area contributed by atoms with Crippen LogP contribution in [0.2, 0.25) is 0 Å². The molecule has 1 aromatic rings. The van der Waals surface area contributed by atoms with Crippen LogP contribution in [0.3, 0.4) is 0 Å². The molecule has 1 unspecified atom stereocenters. The van der Waals surface area contributed by atoms with Crippen LogP contribution in [0.5, 0.6) is 0 Å². The molecule has 0 bridgehead atoms. The van der Waals surface area contributed by atoms with Crippen molar-refractivity contribution >= 4 is 29.1 Å². The number of carbonyl (C=O) groups is 3. The Kier molecular flexibility index (Phi) is 5.10. The number of benzene rings is 1. The van der Waals surface area contributed by atoms with Gasteiger partial charge in [0.15, 0.2) is 0 Å². The number of nitrogens with one attached hydrogen (secondary N) is 3. The van der Waals surface area contributed by atoms with Crippen molar-refractivity contribution in [2.45, 2.75) is 31.7 Å². The first-order valence-electron chi connectivity index (χ1n) is 8.33. The maximum absolute atomic E-state index is 12.5. The minimum Gasteiger partial charge on any atom is -0.352 e. The second-order valence-electron chi connectivity index (χ2n) is 6.16. The number of anilines is 2. The van der Waals surface area contributed by atoms with Crippen LogP contribution >= 0.6 is 0 Å². The number of rotatable bonds is 4. The maximum atomic E-state index is 12.5. The summed E-state index contributed by atoms with van der Waals surface area (Å²) in [5, 5.41) is 8.94. The van der Waals surface area contributed by atoms with E-state index in [-0.39, 0.29) is 43.1 Å². The minimum absolute atomic E-state index is 0.00991. The lowest BCUT2D eigenvalue weighted by Gasteiger charge is -2.29. The largest absolute Gasteiger partial charge is 0.352 e. The second-order valence-corrected chi connectivity index (χ2v) is 6.16. The quantitative estimate of drug-likeness (QED) is 0.755. The summed E-state index contributed by atoms with van der Waals surface area (Å²) >= 11 is 0. The molecular weight excluding hydrogens is 308 g/mol. The molecule has 7 heteroatoms. The zero-order valence-corrected chi connectivity index (χ0v) is 13.5. The highest BCUT2D eigenvalue weighted by atomic mass is 16.2. The highest BCUT2D eigenvalue weighted by Gasteiger charge is 2.26. The lowest BCUT2D eigenvalue weighted by molar-refractivity contribution is -0.126. The topological polar surface area (TPSA) is 90.5 Å². The number of nitrogens with zero attached hydrogens (tertiary/aromatic N) is 1. The molecule has 3 amide bonds. The smallest absolute Gasteiger partial charge is 0.244 e. The molecule has 3 N–H and O–H groups in total. The van der Waals surface area contributed by atoms with Crippen molar-refractivity contribution in [3.63, 3.8) is 0 Å². The van der Waals surface area contributed by atoms with Crippen LogP contribution in [0.15, 0.2) is 24.3 Å². The van der Waals surface area contributed by atoms with Crippen molar-refractivity contribution in [1.29, 1.82) is 0 Å². The molecule has 128 valence electrons. The first kappa shape index (κ1) is 16.4. The fourth-order valence-electron chi connectivity index (χ4n) is 3.09. The molecule has 1 atom stereocenters. The van der Waals surface area contributed by atoms with Crippen molar-refractivity contribution in [3.8, 4) is 0 Å². The summed E-state index contributed by atoms with van der Waals surface area (Å²) in [6.45, 7) is 1.75. The zero-order valence-electron chi connectivity index (χ0n) is 13.5. The first-order chi connectivity index (χ1) is 11.6. The number of carbonyl (C=O) groups excluding carboxylic acids is 3. The third-order valence-electron chi connectivity index (χ3n) is 4.30. The normalized spacial score (nSPS) is 20.1. The van der Waals surface area contributed by atoms with Crippen LogP contribution in [0.4, 0.5) is 11.4 Å². The van der Waals surface area contributed by atoms with Crippen LogP contribution in [-0.4, -0.2) is 43.4 Å². The third kappa shape index (κ3) is 3.91. The van der Waals surface area contributed by atoms with Gasteiger partial charge in [0, 0.05) is 25.4 Å². The molecule has 3 rings (SSSR count). The Morgan fingerprint density at radius 2 is 2.08 bits per heavy atom. The van der Waals surface area contributed by atoms with Gasteiger partial charge in [-0.05, 0) is 31.5 Å². The molecule has 0 aliphatic carbocycles. The summed E-state index contributed by atoms with van der Waals surface area (Å²) < 4.78 is 0. The maximum Gasteiger partial charge on any atom is 0.244 e. The van der Waals surface area contributed by atoms with E-state index >= 15 is 0 Å². The molecule has 1 aromatic carbocycles. The predicted molar refractivity (Wildman–Crippen MR) is 90.7 cm³/mol. The molecule has 1 saturated heterocycles. The summed E-state index contributed by atoms with van der Waals surface area (Å²) in [5.74, 6) is -0.555. The first-order valence-corrected chi connectivity index (χ1v) is 8.33. The van der Waals surface area contributed by atoms with E-state index in [2.05, 4.69) is 16.0 Å². The van der Waals surface area contributed by atoms with Gasteiger partial charge in [0.2, 0.25) is 17.7 Å². The van der Waals surface area contributed by atoms with Crippen LogP contribution in [0, 0.1) is 0 Å². The summed E-state index contributed by atoms with van der Waals surface area (Å²) in [6, 6.07) is 7.32. The molecule has 1 fully saturated rings. The number of fused-ring (bicyclic) bond motifs is 1. The average molecular weight is 330 g/mol. The Morgan fingerprint density at radius 1 is 1.25 bits per heavy atom. The summed E-state index contributed by atoms with van der Waals surface area (Å²) in [7, 11) is 0. The van der Waals surface area contributed by atoms with Crippen molar-refractivity contribution in [2.24, 2.45) is 0 Å². The van der Waals surface area contributed by atoms with Gasteiger partial charge in [-0.2, -0.15) is 0 Å². The molecule has 0 spiro atoms. The van der Waals surface area contributed by atoms with Crippen molar-refractivity contribution in [3.05, 3.63) is 24.3 Å². The van der Waals surface area contributed by atoms with Crippen molar-refractivity contribution in [1.82, 2.24) is 10.6 Å². The number of hydrogen-bond donors (Lipinski definition) is 3. The molecular formula is C17H22N4O3. The highest BCUT2D eigenvalue weighted by Crippen LogP contribution is 2.29. The predicted octanol–water partition coefficient (Wildman–Crippen LogP) is 0.620. The summed E-state index contributed by atoms with van der Waals surface area (Å²) in [4.78, 5) is 37.7. The fourth-order valence-corrected chi connectivity index (χ4v) is 3.09. The van der Waals surface area contributed by atoms with Gasteiger partial charge in [-0.3, -0.25) is 14.4 Å². The van der Waals surface area contributed by atoms with E-state index < -0.39 is 0 Å².